The van der Waals surface area contributed by atoms with Crippen LogP contribution in [0.25, 0.3) is 0 Å². The Balaban J connectivity index is 0.000000490. The highest BCUT2D eigenvalue weighted by Gasteiger charge is 1.98. The Labute approximate surface area is 64.9 Å². The van der Waals surface area contributed by atoms with Crippen LogP contribution in [0.3, 0.4) is 0 Å². The standard InChI is InChI=1S/C4H8N2S.BrH/c7-3-4-5-1-2-6-4;/h7H,1-3H2,(H,5,6);1H. The van der Waals surface area contributed by atoms with Gasteiger partial charge in [-0.3, -0.25) is 4.99 Å². The van der Waals surface area contributed by atoms with Crippen LogP contribution in [0.2, 0.25) is 0 Å². The first-order valence-corrected chi connectivity index (χ1v) is 2.95. The van der Waals surface area contributed by atoms with Crippen LogP contribution in [0.1, 0.15) is 0 Å². The maximum absolute atomic E-state index is 4.08. The zero-order valence-corrected chi connectivity index (χ0v) is 7.03. The van der Waals surface area contributed by atoms with Gasteiger partial charge in [-0.15, -0.1) is 17.0 Å². The average molecular weight is 197 g/mol. The molecule has 0 atom stereocenters. The van der Waals surface area contributed by atoms with Crippen LogP contribution in [0.15, 0.2) is 4.99 Å². The third-order valence-electron chi connectivity index (χ3n) is 0.893. The van der Waals surface area contributed by atoms with Crippen molar-refractivity contribution in [2.45, 2.75) is 0 Å². The summed E-state index contributed by atoms with van der Waals surface area (Å²) in [6, 6.07) is 0. The maximum atomic E-state index is 4.08. The molecule has 0 aromatic rings. The van der Waals surface area contributed by atoms with Crippen LogP contribution in [0.4, 0.5) is 0 Å². The van der Waals surface area contributed by atoms with E-state index in [1.165, 1.54) is 0 Å². The topological polar surface area (TPSA) is 24.4 Å². The zero-order valence-electron chi connectivity index (χ0n) is 4.42. The van der Waals surface area contributed by atoms with Gasteiger partial charge in [0.25, 0.3) is 0 Å². The van der Waals surface area contributed by atoms with E-state index in [9.17, 15) is 0 Å². The fraction of sp³-hybridized carbons (Fsp3) is 0.750. The van der Waals surface area contributed by atoms with E-state index < -0.39 is 0 Å². The van der Waals surface area contributed by atoms with E-state index >= 15 is 0 Å². The number of halogens is 1. The van der Waals surface area contributed by atoms with Crippen molar-refractivity contribution in [1.82, 2.24) is 5.32 Å². The quantitative estimate of drug-likeness (QED) is 0.587. The van der Waals surface area contributed by atoms with Gasteiger partial charge in [-0.2, -0.15) is 12.6 Å². The second kappa shape index (κ2) is 4.21. The van der Waals surface area contributed by atoms with Crippen LogP contribution in [-0.4, -0.2) is 24.7 Å². The van der Waals surface area contributed by atoms with Gasteiger partial charge in [0, 0.05) is 12.3 Å². The molecule has 0 unspecified atom stereocenters. The highest BCUT2D eigenvalue weighted by Crippen LogP contribution is 1.85. The van der Waals surface area contributed by atoms with Gasteiger partial charge in [0.15, 0.2) is 0 Å². The van der Waals surface area contributed by atoms with E-state index in [0.29, 0.717) is 0 Å². The van der Waals surface area contributed by atoms with Gasteiger partial charge in [0.1, 0.15) is 5.84 Å². The number of hydrogen-bond donors (Lipinski definition) is 2. The van der Waals surface area contributed by atoms with Crippen molar-refractivity contribution in [3.05, 3.63) is 0 Å². The van der Waals surface area contributed by atoms with Gasteiger partial charge in [0.05, 0.1) is 6.54 Å². The molecule has 4 heteroatoms. The molecular weight excluding hydrogens is 188 g/mol. The van der Waals surface area contributed by atoms with Crippen molar-refractivity contribution in [3.8, 4) is 0 Å². The summed E-state index contributed by atoms with van der Waals surface area (Å²) in [6.07, 6.45) is 0. The summed E-state index contributed by atoms with van der Waals surface area (Å²) in [5.74, 6) is 1.78. The Morgan fingerprint density at radius 2 is 2.50 bits per heavy atom. The second-order valence-corrected chi connectivity index (χ2v) is 1.73. The highest BCUT2D eigenvalue weighted by atomic mass is 79.9. The smallest absolute Gasteiger partial charge is 0.106 e. The number of hydrogen-bond acceptors (Lipinski definition) is 3. The summed E-state index contributed by atoms with van der Waals surface area (Å²) in [6.45, 7) is 1.92. The minimum Gasteiger partial charge on any atom is -0.371 e. The third kappa shape index (κ3) is 2.05. The molecule has 2 nitrogen and oxygen atoms in total. The Morgan fingerprint density at radius 1 is 1.75 bits per heavy atom. The molecule has 0 bridgehead atoms. The van der Waals surface area contributed by atoms with Crippen molar-refractivity contribution in [1.29, 1.82) is 0 Å². The first kappa shape index (κ1) is 8.30. The predicted molar refractivity (Wildman–Crippen MR) is 44.5 cm³/mol. The van der Waals surface area contributed by atoms with Gasteiger partial charge in [-0.25, -0.2) is 0 Å². The van der Waals surface area contributed by atoms with Gasteiger partial charge in [0.2, 0.25) is 0 Å². The van der Waals surface area contributed by atoms with Crippen LogP contribution in [0, 0.1) is 0 Å². The lowest BCUT2D eigenvalue weighted by Crippen LogP contribution is -2.19. The number of nitrogens with one attached hydrogen (secondary N) is 1. The second-order valence-electron chi connectivity index (χ2n) is 1.41. The number of amidine groups is 1. The van der Waals surface area contributed by atoms with Gasteiger partial charge >= 0.3 is 0 Å². The number of thiol groups is 1. The SMILES string of the molecule is Br.SCC1=NCCN1. The fourth-order valence-electron chi connectivity index (χ4n) is 0.553. The summed E-state index contributed by atoms with van der Waals surface area (Å²) in [5, 5.41) is 3.08. The summed E-state index contributed by atoms with van der Waals surface area (Å²) in [5.41, 5.74) is 0. The molecule has 48 valence electrons. The minimum atomic E-state index is 0. The molecule has 8 heavy (non-hydrogen) atoms. The minimum absolute atomic E-state index is 0. The molecule has 1 N–H and O–H groups in total. The Kier molecular flexibility index (Phi) is 4.36. The molecule has 1 aliphatic heterocycles. The lowest BCUT2D eigenvalue weighted by molar-refractivity contribution is 0.959. The largest absolute Gasteiger partial charge is 0.371 e. The van der Waals surface area contributed by atoms with Gasteiger partial charge < -0.3 is 5.32 Å². The van der Waals surface area contributed by atoms with Crippen LogP contribution < -0.4 is 5.32 Å². The maximum Gasteiger partial charge on any atom is 0.106 e. The molecule has 0 amide bonds. The average Bonchev–Trinajstić information content (AvgIpc) is 2.14. The van der Waals surface area contributed by atoms with E-state index in [1.807, 2.05) is 0 Å². The van der Waals surface area contributed by atoms with Crippen molar-refractivity contribution in [2.75, 3.05) is 18.8 Å². The predicted octanol–water partition coefficient (Wildman–Crippen LogP) is 0.496. The lowest BCUT2D eigenvalue weighted by atomic mass is 10.7. The number of rotatable bonds is 1. The monoisotopic (exact) mass is 196 g/mol. The molecule has 1 heterocycles. The normalized spacial score (nSPS) is 16.4. The van der Waals surface area contributed by atoms with E-state index in [0.717, 1.165) is 24.7 Å². The molecule has 0 aromatic heterocycles. The van der Waals surface area contributed by atoms with Gasteiger partial charge in [-0.1, -0.05) is 0 Å². The molecule has 1 aliphatic rings. The van der Waals surface area contributed by atoms with Crippen molar-refractivity contribution < 1.29 is 0 Å². The highest BCUT2D eigenvalue weighted by molar-refractivity contribution is 8.93. The van der Waals surface area contributed by atoms with Crippen LogP contribution in [-0.2, 0) is 0 Å². The third-order valence-corrected chi connectivity index (χ3v) is 1.19. The molecule has 0 aromatic carbocycles. The molecule has 0 aliphatic carbocycles. The number of aliphatic imine (C=N–C) groups is 1. The van der Waals surface area contributed by atoms with E-state index in [2.05, 4.69) is 22.9 Å². The summed E-state index contributed by atoms with van der Waals surface area (Å²) >= 11 is 4.02. The Bertz CT molecular complexity index is 94.0. The molecule has 0 fully saturated rings. The van der Waals surface area contributed by atoms with Crippen molar-refractivity contribution >= 4 is 35.4 Å². The lowest BCUT2D eigenvalue weighted by Gasteiger charge is -1.91. The van der Waals surface area contributed by atoms with Crippen LogP contribution >= 0.6 is 29.6 Å². The Morgan fingerprint density at radius 3 is 2.75 bits per heavy atom. The van der Waals surface area contributed by atoms with Crippen LogP contribution in [0.5, 0.6) is 0 Å². The van der Waals surface area contributed by atoms with Crippen molar-refractivity contribution in [3.63, 3.8) is 0 Å². The first-order valence-electron chi connectivity index (χ1n) is 2.31. The molecule has 1 rings (SSSR count). The summed E-state index contributed by atoms with van der Waals surface area (Å²) in [4.78, 5) is 4.08. The number of nitrogens with zero attached hydrogens (tertiary/aromatic N) is 1. The molecule has 0 saturated heterocycles. The van der Waals surface area contributed by atoms with E-state index in [4.69, 9.17) is 0 Å². The van der Waals surface area contributed by atoms with E-state index in [-0.39, 0.29) is 17.0 Å². The first-order chi connectivity index (χ1) is 3.43. The van der Waals surface area contributed by atoms with Crippen molar-refractivity contribution in [2.24, 2.45) is 4.99 Å². The zero-order chi connectivity index (χ0) is 5.11. The van der Waals surface area contributed by atoms with Gasteiger partial charge in [-0.05, 0) is 0 Å². The molecule has 0 saturated carbocycles. The fourth-order valence-corrected chi connectivity index (χ4v) is 0.765. The van der Waals surface area contributed by atoms with E-state index in [1.54, 1.807) is 0 Å². The molecule has 0 radical (unpaired) electrons. The molecule has 0 spiro atoms. The Hall–Kier alpha value is 0.300. The summed E-state index contributed by atoms with van der Waals surface area (Å²) < 4.78 is 0. The summed E-state index contributed by atoms with van der Waals surface area (Å²) in [7, 11) is 0. The molecular formula is C4H9BrN2S.